The summed E-state index contributed by atoms with van der Waals surface area (Å²) in [4.78, 5) is 51.1. The molecule has 5 rings (SSSR count). The minimum atomic E-state index is -3.78. The van der Waals surface area contributed by atoms with E-state index >= 15 is 0 Å². The fraction of sp³-hybridized carbons (Fsp3) is 0.200. The molecule has 1 aliphatic rings. The number of piperazine rings is 1. The third-order valence-electron chi connectivity index (χ3n) is 6.21. The van der Waals surface area contributed by atoms with Crippen molar-refractivity contribution in [2.75, 3.05) is 36.4 Å². The van der Waals surface area contributed by atoms with E-state index in [2.05, 4.69) is 25.3 Å². The number of carbonyl (C=O) groups is 1. The number of anilines is 2. The summed E-state index contributed by atoms with van der Waals surface area (Å²) in [6.07, 6.45) is 0. The Morgan fingerprint density at radius 3 is 2.28 bits per heavy atom. The highest BCUT2D eigenvalue weighted by atomic mass is 32.2. The molecule has 4 aromatic rings. The highest BCUT2D eigenvalue weighted by Crippen LogP contribution is 2.22. The van der Waals surface area contributed by atoms with Gasteiger partial charge in [0.15, 0.2) is 0 Å². The number of hydrogen-bond acceptors (Lipinski definition) is 9. The van der Waals surface area contributed by atoms with Gasteiger partial charge in [-0.25, -0.2) is 18.4 Å². The van der Waals surface area contributed by atoms with Gasteiger partial charge in [-0.3, -0.25) is 14.4 Å². The van der Waals surface area contributed by atoms with Crippen molar-refractivity contribution in [3.63, 3.8) is 0 Å². The number of aromatic nitrogens is 4. The van der Waals surface area contributed by atoms with Crippen molar-refractivity contribution in [1.29, 1.82) is 5.26 Å². The van der Waals surface area contributed by atoms with Crippen LogP contribution in [-0.4, -0.2) is 64.7 Å². The van der Waals surface area contributed by atoms with E-state index in [0.717, 1.165) is 0 Å². The largest absolute Gasteiger partial charge is 0.338 e. The Labute approximate surface area is 221 Å². The molecule has 0 unspecified atom stereocenters. The molecular formula is C25H22N8O5S. The second-order valence-electron chi connectivity index (χ2n) is 8.84. The molecule has 13 nitrogen and oxygen atoms in total. The quantitative estimate of drug-likeness (QED) is 0.307. The summed E-state index contributed by atoms with van der Waals surface area (Å²) in [5.74, 6) is -0.0802. The molecule has 3 heterocycles. The minimum absolute atomic E-state index is 0.0831. The molecule has 0 spiro atoms. The van der Waals surface area contributed by atoms with E-state index in [4.69, 9.17) is 5.26 Å². The number of nitrogens with zero attached hydrogens (tertiary/aromatic N) is 5. The molecule has 3 N–H and O–H groups in total. The van der Waals surface area contributed by atoms with E-state index in [9.17, 15) is 22.8 Å². The lowest BCUT2D eigenvalue weighted by Gasteiger charge is -2.34. The molecule has 198 valence electrons. The van der Waals surface area contributed by atoms with Gasteiger partial charge in [0.2, 0.25) is 16.0 Å². The van der Waals surface area contributed by atoms with Crippen LogP contribution in [0.2, 0.25) is 0 Å². The van der Waals surface area contributed by atoms with Crippen LogP contribution < -0.4 is 21.3 Å². The van der Waals surface area contributed by atoms with Crippen LogP contribution in [0.1, 0.15) is 21.7 Å². The zero-order valence-electron chi connectivity index (χ0n) is 20.6. The molecule has 1 fully saturated rings. The number of nitrogens with one attached hydrogen (secondary N) is 3. The molecule has 0 bridgehead atoms. The van der Waals surface area contributed by atoms with Crippen LogP contribution in [0, 0.1) is 18.3 Å². The third kappa shape index (κ3) is 5.26. The number of aryl methyl sites for hydroxylation is 1. The Kier molecular flexibility index (Phi) is 6.69. The van der Waals surface area contributed by atoms with Crippen LogP contribution in [-0.2, 0) is 10.0 Å². The summed E-state index contributed by atoms with van der Waals surface area (Å²) in [7, 11) is -3.78. The fourth-order valence-electron chi connectivity index (χ4n) is 4.20. The first-order valence-electron chi connectivity index (χ1n) is 11.8. The average Bonchev–Trinajstić information content (AvgIpc) is 2.93. The van der Waals surface area contributed by atoms with Crippen molar-refractivity contribution in [2.24, 2.45) is 0 Å². The fourth-order valence-corrected chi connectivity index (χ4v) is 5.62. The summed E-state index contributed by atoms with van der Waals surface area (Å²) < 4.78 is 27.8. The summed E-state index contributed by atoms with van der Waals surface area (Å²) in [6.45, 7) is 2.94. The molecule has 0 saturated carbocycles. The highest BCUT2D eigenvalue weighted by Gasteiger charge is 2.29. The Morgan fingerprint density at radius 2 is 1.62 bits per heavy atom. The SMILES string of the molecule is Cc1cc(C#N)nc(N2CCN(S(=O)(=O)c3ccc(NC(=O)c4ccc5[nH]c(=O)c(=O)[nH]c5c4)cc3)CC2)n1. The maximum absolute atomic E-state index is 13.2. The number of nitriles is 1. The Morgan fingerprint density at radius 1 is 0.949 bits per heavy atom. The Bertz CT molecular complexity index is 1850. The topological polar surface area (TPSA) is 185 Å². The average molecular weight is 547 g/mol. The van der Waals surface area contributed by atoms with Gasteiger partial charge in [-0.2, -0.15) is 9.57 Å². The van der Waals surface area contributed by atoms with Gasteiger partial charge in [0.05, 0.1) is 15.9 Å². The normalized spacial score (nSPS) is 14.2. The first-order valence-corrected chi connectivity index (χ1v) is 13.3. The lowest BCUT2D eigenvalue weighted by Crippen LogP contribution is -2.49. The summed E-state index contributed by atoms with van der Waals surface area (Å²) in [5, 5.41) is 11.8. The number of fused-ring (bicyclic) bond motifs is 1. The second-order valence-corrected chi connectivity index (χ2v) is 10.8. The Hall–Kier alpha value is -4.87. The van der Waals surface area contributed by atoms with Gasteiger partial charge >= 0.3 is 11.1 Å². The predicted molar refractivity (Wildman–Crippen MR) is 142 cm³/mol. The number of aromatic amines is 2. The van der Waals surface area contributed by atoms with E-state index in [-0.39, 0.29) is 29.2 Å². The number of amides is 1. The van der Waals surface area contributed by atoms with E-state index < -0.39 is 27.0 Å². The zero-order valence-corrected chi connectivity index (χ0v) is 21.4. The van der Waals surface area contributed by atoms with Crippen molar-refractivity contribution in [2.45, 2.75) is 11.8 Å². The van der Waals surface area contributed by atoms with Crippen molar-refractivity contribution in [1.82, 2.24) is 24.2 Å². The number of carbonyl (C=O) groups excluding carboxylic acids is 1. The van der Waals surface area contributed by atoms with Gasteiger partial charge in [0.1, 0.15) is 11.8 Å². The number of hydrogen-bond donors (Lipinski definition) is 3. The summed E-state index contributed by atoms with van der Waals surface area (Å²) in [6, 6.07) is 13.8. The lowest BCUT2D eigenvalue weighted by molar-refractivity contribution is 0.102. The first-order chi connectivity index (χ1) is 18.6. The van der Waals surface area contributed by atoms with Gasteiger partial charge < -0.3 is 20.2 Å². The van der Waals surface area contributed by atoms with Crippen molar-refractivity contribution < 1.29 is 13.2 Å². The van der Waals surface area contributed by atoms with Gasteiger partial charge in [-0.1, -0.05) is 0 Å². The molecule has 2 aromatic carbocycles. The predicted octanol–water partition coefficient (Wildman–Crippen LogP) is 0.950. The number of H-pyrrole nitrogens is 2. The highest BCUT2D eigenvalue weighted by molar-refractivity contribution is 7.89. The number of benzene rings is 2. The molecule has 0 aliphatic carbocycles. The third-order valence-corrected chi connectivity index (χ3v) is 8.13. The first kappa shape index (κ1) is 25.8. The van der Waals surface area contributed by atoms with Crippen LogP contribution in [0.5, 0.6) is 0 Å². The van der Waals surface area contributed by atoms with Crippen LogP contribution in [0.25, 0.3) is 11.0 Å². The van der Waals surface area contributed by atoms with Crippen molar-refractivity contribution >= 4 is 38.6 Å². The summed E-state index contributed by atoms with van der Waals surface area (Å²) >= 11 is 0. The maximum Gasteiger partial charge on any atom is 0.314 e. The lowest BCUT2D eigenvalue weighted by atomic mass is 10.1. The van der Waals surface area contributed by atoms with Crippen LogP contribution in [0.15, 0.2) is 63.0 Å². The molecule has 1 aliphatic heterocycles. The van der Waals surface area contributed by atoms with E-state index in [1.807, 2.05) is 11.0 Å². The van der Waals surface area contributed by atoms with Gasteiger partial charge in [0, 0.05) is 43.1 Å². The van der Waals surface area contributed by atoms with E-state index in [0.29, 0.717) is 41.5 Å². The number of rotatable bonds is 5. The van der Waals surface area contributed by atoms with Gasteiger partial charge in [-0.05, 0) is 55.5 Å². The number of sulfonamides is 1. The minimum Gasteiger partial charge on any atom is -0.338 e. The maximum atomic E-state index is 13.2. The van der Waals surface area contributed by atoms with Gasteiger partial charge in [0.25, 0.3) is 5.91 Å². The van der Waals surface area contributed by atoms with Crippen molar-refractivity contribution in [3.8, 4) is 6.07 Å². The zero-order chi connectivity index (χ0) is 27.7. The van der Waals surface area contributed by atoms with Crippen LogP contribution in [0.3, 0.4) is 0 Å². The molecule has 0 atom stereocenters. The summed E-state index contributed by atoms with van der Waals surface area (Å²) in [5.41, 5.74) is 0.597. The molecule has 14 heteroatoms. The van der Waals surface area contributed by atoms with Crippen LogP contribution in [0.4, 0.5) is 11.6 Å². The molecular weight excluding hydrogens is 524 g/mol. The van der Waals surface area contributed by atoms with Crippen LogP contribution >= 0.6 is 0 Å². The van der Waals surface area contributed by atoms with E-state index in [1.54, 1.807) is 13.0 Å². The van der Waals surface area contributed by atoms with Gasteiger partial charge in [-0.15, -0.1) is 0 Å². The molecule has 1 saturated heterocycles. The molecule has 2 aromatic heterocycles. The van der Waals surface area contributed by atoms with E-state index in [1.165, 1.54) is 46.8 Å². The van der Waals surface area contributed by atoms with Crippen molar-refractivity contribution in [3.05, 3.63) is 86.2 Å². The standard InChI is InChI=1S/C25H22N8O5S/c1-15-12-18(14-26)29-25(27-15)32-8-10-33(11-9-32)39(37,38)19-5-3-17(4-6-19)28-22(34)16-2-7-20-21(13-16)31-24(36)23(35)30-20/h2-7,12-13H,8-11H2,1H3,(H,28,34)(H,30,35)(H,31,36). The second kappa shape index (κ2) is 10.1. The monoisotopic (exact) mass is 546 g/mol. The smallest absolute Gasteiger partial charge is 0.314 e. The Balaban J connectivity index is 1.25. The molecule has 1 amide bonds. The molecule has 39 heavy (non-hydrogen) atoms. The molecule has 0 radical (unpaired) electrons.